The van der Waals surface area contributed by atoms with Crippen LogP contribution in [-0.2, 0) is 24.3 Å². The van der Waals surface area contributed by atoms with Crippen LogP contribution in [0.1, 0.15) is 13.8 Å². The Balaban J connectivity index is 2.85. The van der Waals surface area contributed by atoms with Crippen LogP contribution in [0.2, 0.25) is 10.0 Å². The van der Waals surface area contributed by atoms with Gasteiger partial charge in [0, 0.05) is 0 Å². The Morgan fingerprint density at radius 2 is 1.82 bits per heavy atom. The summed E-state index contributed by atoms with van der Waals surface area (Å²) in [5.74, 6) is -1.78. The third-order valence-electron chi connectivity index (χ3n) is 2.58. The highest BCUT2D eigenvalue weighted by molar-refractivity contribution is 7.89. The van der Waals surface area contributed by atoms with E-state index in [0.717, 1.165) is 6.07 Å². The van der Waals surface area contributed by atoms with Gasteiger partial charge < -0.3 is 10.5 Å². The van der Waals surface area contributed by atoms with Crippen molar-refractivity contribution in [3.63, 3.8) is 0 Å². The van der Waals surface area contributed by atoms with Crippen molar-refractivity contribution >= 4 is 45.1 Å². The minimum absolute atomic E-state index is 0.0575. The van der Waals surface area contributed by atoms with Crippen molar-refractivity contribution in [3.8, 4) is 0 Å². The van der Waals surface area contributed by atoms with Crippen LogP contribution in [0.5, 0.6) is 0 Å². The molecule has 7 nitrogen and oxygen atoms in total. The Hall–Kier alpha value is -1.35. The Kier molecular flexibility index (Phi) is 6.18. The smallest absolute Gasteiger partial charge is 0.324 e. The predicted octanol–water partition coefficient (Wildman–Crippen LogP) is 1.08. The molecule has 122 valence electrons. The van der Waals surface area contributed by atoms with Crippen molar-refractivity contribution in [3.05, 3.63) is 28.2 Å². The predicted molar refractivity (Wildman–Crippen MR) is 81.0 cm³/mol. The van der Waals surface area contributed by atoms with Crippen LogP contribution in [-0.4, -0.2) is 32.4 Å². The molecule has 0 aliphatic heterocycles. The number of amides is 1. The number of hydrogen-bond acceptors (Lipinski definition) is 5. The largest absolute Gasteiger partial charge is 0.451 e. The molecule has 0 aromatic heterocycles. The van der Waals surface area contributed by atoms with Crippen molar-refractivity contribution in [1.82, 2.24) is 4.72 Å². The summed E-state index contributed by atoms with van der Waals surface area (Å²) in [6.45, 7) is 2.55. The lowest BCUT2D eigenvalue weighted by molar-refractivity contribution is -0.155. The number of carbonyl (C=O) groups excluding carboxylic acids is 2. The third-order valence-corrected chi connectivity index (χ3v) is 4.86. The number of benzene rings is 1. The Morgan fingerprint density at radius 3 is 2.32 bits per heavy atom. The maximum absolute atomic E-state index is 12.1. The number of esters is 1. The van der Waals surface area contributed by atoms with Gasteiger partial charge in [-0.2, -0.15) is 4.72 Å². The average molecular weight is 369 g/mol. The molecule has 1 aromatic rings. The van der Waals surface area contributed by atoms with Gasteiger partial charge in [-0.3, -0.25) is 9.59 Å². The second kappa shape index (κ2) is 7.28. The van der Waals surface area contributed by atoms with Crippen LogP contribution in [0.3, 0.4) is 0 Å². The molecule has 1 rings (SSSR count). The van der Waals surface area contributed by atoms with E-state index in [2.05, 4.69) is 4.72 Å². The van der Waals surface area contributed by atoms with Crippen molar-refractivity contribution in [2.45, 2.75) is 30.9 Å². The fraction of sp³-hybridized carbons (Fsp3) is 0.333. The molecule has 0 heterocycles. The highest BCUT2D eigenvalue weighted by atomic mass is 35.5. The van der Waals surface area contributed by atoms with E-state index in [9.17, 15) is 18.0 Å². The summed E-state index contributed by atoms with van der Waals surface area (Å²) >= 11 is 11.5. The summed E-state index contributed by atoms with van der Waals surface area (Å²) in [6.07, 6.45) is -1.16. The number of primary amides is 1. The fourth-order valence-corrected chi connectivity index (χ4v) is 2.91. The second-order valence-corrected chi connectivity index (χ2v) is 6.93. The zero-order valence-corrected chi connectivity index (χ0v) is 14.0. The van der Waals surface area contributed by atoms with Gasteiger partial charge in [0.25, 0.3) is 5.91 Å². The molecule has 0 aliphatic carbocycles. The topological polar surface area (TPSA) is 116 Å². The number of nitrogens with two attached hydrogens (primary N) is 1. The molecule has 3 N–H and O–H groups in total. The standard InChI is InChI=1S/C12H14Cl2N2O5S/c1-6(12(18)21-7(2)11(15)17)16-22(19,20)8-3-4-9(13)10(14)5-8/h3-7,16H,1-2H3,(H2,15,17)/t6-,7-/m0/s1. The molecule has 2 atom stereocenters. The highest BCUT2D eigenvalue weighted by Gasteiger charge is 2.26. The van der Waals surface area contributed by atoms with Gasteiger partial charge in [0.05, 0.1) is 14.9 Å². The third kappa shape index (κ3) is 4.84. The molecule has 0 fully saturated rings. The number of halogens is 2. The summed E-state index contributed by atoms with van der Waals surface area (Å²) in [5.41, 5.74) is 4.95. The lowest BCUT2D eigenvalue weighted by Gasteiger charge is -2.16. The lowest BCUT2D eigenvalue weighted by Crippen LogP contribution is -2.42. The van der Waals surface area contributed by atoms with Gasteiger partial charge in [-0.1, -0.05) is 23.2 Å². The molecular weight excluding hydrogens is 355 g/mol. The molecule has 0 radical (unpaired) electrons. The van der Waals surface area contributed by atoms with Gasteiger partial charge >= 0.3 is 5.97 Å². The summed E-state index contributed by atoms with van der Waals surface area (Å²) < 4.78 is 31.1. The number of sulfonamides is 1. The lowest BCUT2D eigenvalue weighted by atomic mass is 10.3. The summed E-state index contributed by atoms with van der Waals surface area (Å²) in [4.78, 5) is 22.3. The number of nitrogens with one attached hydrogen (secondary N) is 1. The zero-order chi connectivity index (χ0) is 17.1. The first-order valence-corrected chi connectivity index (χ1v) is 8.25. The van der Waals surface area contributed by atoms with Gasteiger partial charge in [0.15, 0.2) is 6.10 Å². The molecular formula is C12H14Cl2N2O5S. The van der Waals surface area contributed by atoms with Crippen LogP contribution < -0.4 is 10.5 Å². The maximum Gasteiger partial charge on any atom is 0.324 e. The molecule has 1 amide bonds. The van der Waals surface area contributed by atoms with Crippen LogP contribution >= 0.6 is 23.2 Å². The van der Waals surface area contributed by atoms with E-state index in [1.165, 1.54) is 26.0 Å². The number of ether oxygens (including phenoxy) is 1. The molecule has 1 aromatic carbocycles. The summed E-state index contributed by atoms with van der Waals surface area (Å²) in [7, 11) is -4.01. The summed E-state index contributed by atoms with van der Waals surface area (Å²) in [5, 5.41) is 0.255. The van der Waals surface area contributed by atoms with Gasteiger partial charge in [0.2, 0.25) is 10.0 Å². The second-order valence-electron chi connectivity index (χ2n) is 4.40. The van der Waals surface area contributed by atoms with Crippen molar-refractivity contribution < 1.29 is 22.7 Å². The Morgan fingerprint density at radius 1 is 1.23 bits per heavy atom. The average Bonchev–Trinajstić information content (AvgIpc) is 2.40. The summed E-state index contributed by atoms with van der Waals surface area (Å²) in [6, 6.07) is 2.48. The Labute approximate surface area is 137 Å². The minimum atomic E-state index is -4.01. The van der Waals surface area contributed by atoms with Crippen molar-refractivity contribution in [1.29, 1.82) is 0 Å². The van der Waals surface area contributed by atoms with Crippen LogP contribution in [0.15, 0.2) is 23.1 Å². The van der Waals surface area contributed by atoms with E-state index in [1.54, 1.807) is 0 Å². The Bertz CT molecular complexity index is 693. The van der Waals surface area contributed by atoms with Gasteiger partial charge in [-0.25, -0.2) is 8.42 Å². The number of carbonyl (C=O) groups is 2. The van der Waals surface area contributed by atoms with Gasteiger partial charge in [-0.15, -0.1) is 0 Å². The van der Waals surface area contributed by atoms with E-state index in [1.807, 2.05) is 0 Å². The molecule has 0 aliphatic rings. The minimum Gasteiger partial charge on any atom is -0.451 e. The molecule has 22 heavy (non-hydrogen) atoms. The first-order valence-electron chi connectivity index (χ1n) is 6.02. The van der Waals surface area contributed by atoms with E-state index < -0.39 is 34.0 Å². The number of hydrogen-bond donors (Lipinski definition) is 2. The maximum atomic E-state index is 12.1. The first-order chi connectivity index (χ1) is 10.0. The van der Waals surface area contributed by atoms with Gasteiger partial charge in [-0.05, 0) is 32.0 Å². The van der Waals surface area contributed by atoms with Crippen LogP contribution in [0.25, 0.3) is 0 Å². The fourth-order valence-electron chi connectivity index (χ4n) is 1.33. The number of rotatable bonds is 6. The van der Waals surface area contributed by atoms with Crippen molar-refractivity contribution in [2.24, 2.45) is 5.73 Å². The molecule has 0 saturated heterocycles. The molecule has 10 heteroatoms. The van der Waals surface area contributed by atoms with E-state index >= 15 is 0 Å². The quantitative estimate of drug-likeness (QED) is 0.728. The van der Waals surface area contributed by atoms with Crippen molar-refractivity contribution in [2.75, 3.05) is 0 Å². The monoisotopic (exact) mass is 368 g/mol. The highest BCUT2D eigenvalue weighted by Crippen LogP contribution is 2.24. The van der Waals surface area contributed by atoms with Gasteiger partial charge in [0.1, 0.15) is 6.04 Å². The van der Waals surface area contributed by atoms with Crippen LogP contribution in [0, 0.1) is 0 Å². The molecule has 0 unspecified atom stereocenters. The van der Waals surface area contributed by atoms with E-state index in [0.29, 0.717) is 0 Å². The van der Waals surface area contributed by atoms with E-state index in [4.69, 9.17) is 33.7 Å². The zero-order valence-electron chi connectivity index (χ0n) is 11.7. The normalized spacial score (nSPS) is 14.2. The molecule has 0 spiro atoms. The molecule has 0 bridgehead atoms. The molecule has 0 saturated carbocycles. The van der Waals surface area contributed by atoms with Crippen LogP contribution in [0.4, 0.5) is 0 Å². The van der Waals surface area contributed by atoms with E-state index in [-0.39, 0.29) is 14.9 Å². The first kappa shape index (κ1) is 18.7. The SMILES string of the molecule is C[C@H](NS(=O)(=O)c1ccc(Cl)c(Cl)c1)C(=O)O[C@@H](C)C(N)=O.